The average Bonchev–Trinajstić information content (AvgIpc) is 2.41. The number of rotatable bonds is 5. The van der Waals surface area contributed by atoms with Crippen LogP contribution in [0.3, 0.4) is 0 Å². The summed E-state index contributed by atoms with van der Waals surface area (Å²) >= 11 is 5.25. The molecule has 0 unspecified atom stereocenters. The zero-order valence-electron chi connectivity index (χ0n) is 7.64. The quantitative estimate of drug-likeness (QED) is 0.800. The number of aliphatic hydroxyl groups excluding tert-OH is 1. The lowest BCUT2D eigenvalue weighted by Crippen LogP contribution is -2.14. The molecule has 74 valence electrons. The summed E-state index contributed by atoms with van der Waals surface area (Å²) in [6.45, 7) is 4.14. The van der Waals surface area contributed by atoms with E-state index in [2.05, 4.69) is 34.2 Å². The number of nitrogens with one attached hydrogen (secondary N) is 1. The van der Waals surface area contributed by atoms with Crippen LogP contribution in [0.15, 0.2) is 9.85 Å². The summed E-state index contributed by atoms with van der Waals surface area (Å²) < 4.78 is 1.21. The largest absolute Gasteiger partial charge is 0.396 e. The predicted octanol–water partition coefficient (Wildman–Crippen LogP) is 2.29. The van der Waals surface area contributed by atoms with Crippen LogP contribution in [0.2, 0.25) is 0 Å². The van der Waals surface area contributed by atoms with Crippen molar-refractivity contribution in [2.75, 3.05) is 13.2 Å². The molecule has 0 radical (unpaired) electrons. The molecule has 1 aromatic rings. The van der Waals surface area contributed by atoms with E-state index >= 15 is 0 Å². The van der Waals surface area contributed by atoms with Crippen molar-refractivity contribution in [3.63, 3.8) is 0 Å². The number of aliphatic hydroxyl groups is 1. The fourth-order valence-corrected chi connectivity index (χ4v) is 2.62. The molecule has 0 amide bonds. The van der Waals surface area contributed by atoms with E-state index in [1.165, 1.54) is 14.2 Å². The van der Waals surface area contributed by atoms with Gasteiger partial charge in [0, 0.05) is 18.0 Å². The van der Waals surface area contributed by atoms with Gasteiger partial charge in [-0.25, -0.2) is 0 Å². The Hall–Kier alpha value is 0.100. The van der Waals surface area contributed by atoms with E-state index in [-0.39, 0.29) is 6.61 Å². The Balaban J connectivity index is 2.29. The molecule has 0 aliphatic carbocycles. The first-order chi connectivity index (χ1) is 6.24. The van der Waals surface area contributed by atoms with Crippen LogP contribution in [0.1, 0.15) is 16.9 Å². The fraction of sp³-hybridized carbons (Fsp3) is 0.556. The monoisotopic (exact) mass is 263 g/mol. The van der Waals surface area contributed by atoms with Gasteiger partial charge in [0.1, 0.15) is 0 Å². The molecule has 1 aromatic heterocycles. The highest BCUT2D eigenvalue weighted by atomic mass is 79.9. The second-order valence-electron chi connectivity index (χ2n) is 2.92. The van der Waals surface area contributed by atoms with Gasteiger partial charge in [-0.3, -0.25) is 0 Å². The summed E-state index contributed by atoms with van der Waals surface area (Å²) in [4.78, 5) is 1.34. The van der Waals surface area contributed by atoms with Gasteiger partial charge >= 0.3 is 0 Å². The molecule has 0 aliphatic heterocycles. The average molecular weight is 264 g/mol. The molecule has 0 fully saturated rings. The van der Waals surface area contributed by atoms with Crippen LogP contribution in [0, 0.1) is 6.92 Å². The van der Waals surface area contributed by atoms with E-state index < -0.39 is 0 Å². The zero-order chi connectivity index (χ0) is 9.68. The van der Waals surface area contributed by atoms with E-state index in [9.17, 15) is 0 Å². The zero-order valence-corrected chi connectivity index (χ0v) is 10.0. The van der Waals surface area contributed by atoms with Crippen molar-refractivity contribution in [3.05, 3.63) is 20.3 Å². The summed E-state index contributed by atoms with van der Waals surface area (Å²) in [6, 6.07) is 2.18. The van der Waals surface area contributed by atoms with Gasteiger partial charge in [0.2, 0.25) is 0 Å². The summed E-state index contributed by atoms with van der Waals surface area (Å²) in [5.41, 5.74) is 1.30. The Labute approximate surface area is 91.1 Å². The minimum Gasteiger partial charge on any atom is -0.396 e. The first-order valence-corrected chi connectivity index (χ1v) is 5.91. The number of hydrogen-bond donors (Lipinski definition) is 2. The fourth-order valence-electron chi connectivity index (χ4n) is 1.03. The molecule has 0 spiro atoms. The second-order valence-corrected chi connectivity index (χ2v) is 5.38. The van der Waals surface area contributed by atoms with Crippen molar-refractivity contribution in [1.29, 1.82) is 0 Å². The molecule has 4 heteroatoms. The van der Waals surface area contributed by atoms with Gasteiger partial charge in [-0.2, -0.15) is 0 Å². The van der Waals surface area contributed by atoms with Gasteiger partial charge in [0.25, 0.3) is 0 Å². The number of halogens is 1. The summed E-state index contributed by atoms with van der Waals surface area (Å²) in [6.07, 6.45) is 0.825. The molecule has 2 N–H and O–H groups in total. The van der Waals surface area contributed by atoms with Crippen LogP contribution < -0.4 is 5.32 Å². The maximum absolute atomic E-state index is 8.57. The van der Waals surface area contributed by atoms with Gasteiger partial charge in [0.15, 0.2) is 0 Å². The standard InChI is InChI=1S/C9H14BrNOS/c1-7-5-8(13-9(7)10)6-11-3-2-4-12/h5,11-12H,2-4,6H2,1H3. The minimum absolute atomic E-state index is 0.264. The molecule has 0 saturated heterocycles. The van der Waals surface area contributed by atoms with Crippen LogP contribution in [-0.2, 0) is 6.54 Å². The molecule has 2 nitrogen and oxygen atoms in total. The molecular formula is C9H14BrNOS. The summed E-state index contributed by atoms with van der Waals surface area (Å²) in [5.74, 6) is 0. The first kappa shape index (κ1) is 11.2. The third-order valence-electron chi connectivity index (χ3n) is 1.72. The summed E-state index contributed by atoms with van der Waals surface area (Å²) in [5, 5.41) is 11.8. The van der Waals surface area contributed by atoms with E-state index in [0.717, 1.165) is 19.5 Å². The minimum atomic E-state index is 0.264. The maximum atomic E-state index is 8.57. The highest BCUT2D eigenvalue weighted by Gasteiger charge is 2.01. The van der Waals surface area contributed by atoms with Gasteiger partial charge in [0.05, 0.1) is 3.79 Å². The van der Waals surface area contributed by atoms with E-state index in [4.69, 9.17) is 5.11 Å². The van der Waals surface area contributed by atoms with Crippen molar-refractivity contribution in [1.82, 2.24) is 5.32 Å². The Bertz CT molecular complexity index is 243. The van der Waals surface area contributed by atoms with Gasteiger partial charge in [-0.15, -0.1) is 11.3 Å². The van der Waals surface area contributed by atoms with Crippen molar-refractivity contribution in [3.8, 4) is 0 Å². The Morgan fingerprint density at radius 1 is 1.62 bits per heavy atom. The van der Waals surface area contributed by atoms with E-state index in [1.54, 1.807) is 11.3 Å². The molecule has 0 saturated carbocycles. The smallest absolute Gasteiger partial charge is 0.0730 e. The topological polar surface area (TPSA) is 32.3 Å². The van der Waals surface area contributed by atoms with Crippen LogP contribution >= 0.6 is 27.3 Å². The van der Waals surface area contributed by atoms with E-state index in [1.807, 2.05) is 0 Å². The third-order valence-corrected chi connectivity index (χ3v) is 3.86. The number of aryl methyl sites for hydroxylation is 1. The van der Waals surface area contributed by atoms with Crippen LogP contribution in [0.25, 0.3) is 0 Å². The maximum Gasteiger partial charge on any atom is 0.0730 e. The lowest BCUT2D eigenvalue weighted by Gasteiger charge is -1.99. The van der Waals surface area contributed by atoms with Crippen LogP contribution in [-0.4, -0.2) is 18.3 Å². The SMILES string of the molecule is Cc1cc(CNCCCO)sc1Br. The second kappa shape index (κ2) is 5.75. The number of thiophene rings is 1. The van der Waals surface area contributed by atoms with Crippen molar-refractivity contribution in [2.45, 2.75) is 19.9 Å². The highest BCUT2D eigenvalue weighted by molar-refractivity contribution is 9.11. The van der Waals surface area contributed by atoms with Gasteiger partial charge < -0.3 is 10.4 Å². The van der Waals surface area contributed by atoms with Gasteiger partial charge in [-0.05, 0) is 47.4 Å². The molecule has 0 aromatic carbocycles. The molecule has 1 rings (SSSR count). The van der Waals surface area contributed by atoms with E-state index in [0.29, 0.717) is 0 Å². The van der Waals surface area contributed by atoms with Gasteiger partial charge in [-0.1, -0.05) is 0 Å². The first-order valence-electron chi connectivity index (χ1n) is 4.30. The molecule has 0 aliphatic rings. The number of hydrogen-bond acceptors (Lipinski definition) is 3. The Morgan fingerprint density at radius 3 is 2.92 bits per heavy atom. The molecule has 0 bridgehead atoms. The third kappa shape index (κ3) is 3.77. The predicted molar refractivity (Wildman–Crippen MR) is 60.2 cm³/mol. The molecule has 13 heavy (non-hydrogen) atoms. The lowest BCUT2D eigenvalue weighted by molar-refractivity contribution is 0.286. The Kier molecular flexibility index (Phi) is 4.94. The van der Waals surface area contributed by atoms with Crippen molar-refractivity contribution < 1.29 is 5.11 Å². The van der Waals surface area contributed by atoms with Crippen LogP contribution in [0.4, 0.5) is 0 Å². The summed E-state index contributed by atoms with van der Waals surface area (Å²) in [7, 11) is 0. The Morgan fingerprint density at radius 2 is 2.38 bits per heavy atom. The van der Waals surface area contributed by atoms with Crippen LogP contribution in [0.5, 0.6) is 0 Å². The molecule has 0 atom stereocenters. The highest BCUT2D eigenvalue weighted by Crippen LogP contribution is 2.26. The lowest BCUT2D eigenvalue weighted by atomic mass is 10.3. The van der Waals surface area contributed by atoms with Crippen molar-refractivity contribution in [2.24, 2.45) is 0 Å². The molecule has 1 heterocycles. The molecular weight excluding hydrogens is 250 g/mol. The normalized spacial score (nSPS) is 10.7. The van der Waals surface area contributed by atoms with Crippen molar-refractivity contribution >= 4 is 27.3 Å².